The summed E-state index contributed by atoms with van der Waals surface area (Å²) in [4.78, 5) is 5.26. The van der Waals surface area contributed by atoms with Crippen molar-refractivity contribution in [3.8, 4) is 0 Å². The van der Waals surface area contributed by atoms with Gasteiger partial charge in [0.1, 0.15) is 0 Å². The predicted molar refractivity (Wildman–Crippen MR) is 93.5 cm³/mol. The lowest BCUT2D eigenvalue weighted by Gasteiger charge is -2.15. The van der Waals surface area contributed by atoms with Gasteiger partial charge in [0, 0.05) is 39.9 Å². The van der Waals surface area contributed by atoms with Crippen molar-refractivity contribution < 1.29 is 0 Å². The van der Waals surface area contributed by atoms with Crippen molar-refractivity contribution in [1.29, 1.82) is 0 Å². The highest BCUT2D eigenvalue weighted by atomic mass is 79.9. The van der Waals surface area contributed by atoms with E-state index in [0.29, 0.717) is 0 Å². The van der Waals surface area contributed by atoms with E-state index in [2.05, 4.69) is 69.6 Å². The van der Waals surface area contributed by atoms with Crippen molar-refractivity contribution in [3.05, 3.63) is 56.2 Å². The molecule has 1 aromatic heterocycles. The van der Waals surface area contributed by atoms with Crippen LogP contribution in [0.5, 0.6) is 0 Å². The molecule has 1 heterocycles. The van der Waals surface area contributed by atoms with Gasteiger partial charge in [0.15, 0.2) is 0 Å². The van der Waals surface area contributed by atoms with Crippen molar-refractivity contribution in [1.82, 2.24) is 10.2 Å². The molecule has 1 aliphatic carbocycles. The van der Waals surface area contributed by atoms with Gasteiger partial charge in [-0.25, -0.2) is 0 Å². The minimum absolute atomic E-state index is 0.787. The Morgan fingerprint density at radius 1 is 1.19 bits per heavy atom. The predicted octanol–water partition coefficient (Wildman–Crippen LogP) is 4.39. The SMILES string of the molecule is CN(Cc1cccc(Br)c1)Cc1ccc(CNC2CC2)s1. The van der Waals surface area contributed by atoms with E-state index in [4.69, 9.17) is 0 Å². The summed E-state index contributed by atoms with van der Waals surface area (Å²) in [6.45, 7) is 3.03. The molecule has 0 atom stereocenters. The second-order valence-corrected chi connectivity index (χ2v) is 7.99. The molecule has 0 amide bonds. The van der Waals surface area contributed by atoms with Gasteiger partial charge in [-0.3, -0.25) is 4.90 Å². The van der Waals surface area contributed by atoms with E-state index in [-0.39, 0.29) is 0 Å². The Balaban J connectivity index is 1.50. The van der Waals surface area contributed by atoms with E-state index >= 15 is 0 Å². The van der Waals surface area contributed by atoms with Crippen LogP contribution in [-0.4, -0.2) is 18.0 Å². The first kappa shape index (κ1) is 15.2. The summed E-state index contributed by atoms with van der Waals surface area (Å²) >= 11 is 5.46. The standard InChI is InChI=1S/C17H21BrN2S/c1-20(11-13-3-2-4-14(18)9-13)12-17-8-7-16(21-17)10-19-15-5-6-15/h2-4,7-9,15,19H,5-6,10-12H2,1H3. The number of nitrogens with one attached hydrogen (secondary N) is 1. The molecule has 1 N–H and O–H groups in total. The molecule has 21 heavy (non-hydrogen) atoms. The minimum atomic E-state index is 0.787. The quantitative estimate of drug-likeness (QED) is 0.783. The topological polar surface area (TPSA) is 15.3 Å². The van der Waals surface area contributed by atoms with Crippen LogP contribution in [0.2, 0.25) is 0 Å². The van der Waals surface area contributed by atoms with Gasteiger partial charge >= 0.3 is 0 Å². The molecule has 1 aliphatic rings. The lowest BCUT2D eigenvalue weighted by molar-refractivity contribution is 0.322. The first-order valence-electron chi connectivity index (χ1n) is 7.43. The smallest absolute Gasteiger partial charge is 0.0328 e. The highest BCUT2D eigenvalue weighted by Gasteiger charge is 2.20. The van der Waals surface area contributed by atoms with Gasteiger partial charge in [-0.2, -0.15) is 0 Å². The molecule has 0 saturated heterocycles. The van der Waals surface area contributed by atoms with Crippen LogP contribution in [0.1, 0.15) is 28.2 Å². The van der Waals surface area contributed by atoms with Gasteiger partial charge in [-0.05, 0) is 49.7 Å². The van der Waals surface area contributed by atoms with Crippen LogP contribution in [0.15, 0.2) is 40.9 Å². The van der Waals surface area contributed by atoms with Crippen molar-refractivity contribution in [2.45, 2.75) is 38.5 Å². The third-order valence-electron chi connectivity index (χ3n) is 3.63. The second kappa shape index (κ2) is 7.05. The van der Waals surface area contributed by atoms with Crippen LogP contribution >= 0.6 is 27.3 Å². The van der Waals surface area contributed by atoms with E-state index in [1.54, 1.807) is 0 Å². The summed E-state index contributed by atoms with van der Waals surface area (Å²) < 4.78 is 1.15. The Bertz CT molecular complexity index is 592. The number of rotatable bonds is 7. The van der Waals surface area contributed by atoms with Crippen LogP contribution in [0.4, 0.5) is 0 Å². The molecule has 1 aromatic carbocycles. The molecule has 2 nitrogen and oxygen atoms in total. The number of halogens is 1. The van der Waals surface area contributed by atoms with Crippen LogP contribution in [0, 0.1) is 0 Å². The highest BCUT2D eigenvalue weighted by molar-refractivity contribution is 9.10. The van der Waals surface area contributed by atoms with E-state index < -0.39 is 0 Å². The van der Waals surface area contributed by atoms with Crippen molar-refractivity contribution in [2.75, 3.05) is 7.05 Å². The third-order valence-corrected chi connectivity index (χ3v) is 5.19. The Labute approximate surface area is 139 Å². The fourth-order valence-corrected chi connectivity index (χ4v) is 3.90. The average molecular weight is 365 g/mol. The summed E-state index contributed by atoms with van der Waals surface area (Å²) in [5, 5.41) is 3.58. The van der Waals surface area contributed by atoms with E-state index in [9.17, 15) is 0 Å². The van der Waals surface area contributed by atoms with Gasteiger partial charge < -0.3 is 5.32 Å². The number of thiophene rings is 1. The Morgan fingerprint density at radius 3 is 2.76 bits per heavy atom. The molecular formula is C17H21BrN2S. The number of benzene rings is 1. The van der Waals surface area contributed by atoms with Crippen molar-refractivity contribution in [3.63, 3.8) is 0 Å². The lowest BCUT2D eigenvalue weighted by atomic mass is 10.2. The summed E-state index contributed by atoms with van der Waals surface area (Å²) in [6.07, 6.45) is 2.71. The van der Waals surface area contributed by atoms with Crippen molar-refractivity contribution >= 4 is 27.3 Å². The first-order chi connectivity index (χ1) is 10.2. The number of hydrogen-bond acceptors (Lipinski definition) is 3. The molecule has 1 saturated carbocycles. The third kappa shape index (κ3) is 4.92. The molecule has 0 aliphatic heterocycles. The second-order valence-electron chi connectivity index (χ2n) is 5.83. The molecule has 3 rings (SSSR count). The Kier molecular flexibility index (Phi) is 5.11. The zero-order valence-electron chi connectivity index (χ0n) is 12.3. The van der Waals surface area contributed by atoms with Gasteiger partial charge in [0.05, 0.1) is 0 Å². The van der Waals surface area contributed by atoms with Crippen LogP contribution in [-0.2, 0) is 19.6 Å². The summed E-state index contributed by atoms with van der Waals surface area (Å²) in [5.41, 5.74) is 1.35. The zero-order valence-corrected chi connectivity index (χ0v) is 14.7. The number of nitrogens with zero attached hydrogens (tertiary/aromatic N) is 1. The van der Waals surface area contributed by atoms with E-state index in [1.165, 1.54) is 28.2 Å². The molecule has 1 fully saturated rings. The van der Waals surface area contributed by atoms with E-state index in [0.717, 1.165) is 30.1 Å². The molecular weight excluding hydrogens is 344 g/mol. The van der Waals surface area contributed by atoms with Crippen LogP contribution in [0.25, 0.3) is 0 Å². The molecule has 2 aromatic rings. The van der Waals surface area contributed by atoms with Gasteiger partial charge in [0.25, 0.3) is 0 Å². The minimum Gasteiger partial charge on any atom is -0.309 e. The fraction of sp³-hybridized carbons (Fsp3) is 0.412. The molecule has 112 valence electrons. The van der Waals surface area contributed by atoms with Gasteiger partial charge in [0.2, 0.25) is 0 Å². The van der Waals surface area contributed by atoms with Gasteiger partial charge in [-0.1, -0.05) is 28.1 Å². The molecule has 0 bridgehead atoms. The van der Waals surface area contributed by atoms with Crippen LogP contribution in [0.3, 0.4) is 0 Å². The zero-order chi connectivity index (χ0) is 14.7. The molecule has 0 spiro atoms. The Morgan fingerprint density at radius 2 is 2.00 bits per heavy atom. The monoisotopic (exact) mass is 364 g/mol. The highest BCUT2D eigenvalue weighted by Crippen LogP contribution is 2.22. The van der Waals surface area contributed by atoms with Crippen molar-refractivity contribution in [2.24, 2.45) is 0 Å². The van der Waals surface area contributed by atoms with Crippen LogP contribution < -0.4 is 5.32 Å². The molecule has 0 unspecified atom stereocenters. The molecule has 4 heteroatoms. The largest absolute Gasteiger partial charge is 0.309 e. The molecule has 0 radical (unpaired) electrons. The van der Waals surface area contributed by atoms with Gasteiger partial charge in [-0.15, -0.1) is 11.3 Å². The normalized spacial score (nSPS) is 14.8. The number of hydrogen-bond donors (Lipinski definition) is 1. The maximum absolute atomic E-state index is 3.58. The summed E-state index contributed by atoms with van der Waals surface area (Å²) in [6, 6.07) is 13.9. The first-order valence-corrected chi connectivity index (χ1v) is 9.04. The average Bonchev–Trinajstić information content (AvgIpc) is 3.17. The van der Waals surface area contributed by atoms with E-state index in [1.807, 2.05) is 11.3 Å². The summed E-state index contributed by atoms with van der Waals surface area (Å²) in [7, 11) is 2.18. The maximum atomic E-state index is 3.58. The fourth-order valence-electron chi connectivity index (χ4n) is 2.40. The summed E-state index contributed by atoms with van der Waals surface area (Å²) in [5.74, 6) is 0. The lowest BCUT2D eigenvalue weighted by Crippen LogP contribution is -2.16. The Hall–Kier alpha value is -0.680. The maximum Gasteiger partial charge on any atom is 0.0328 e.